The topological polar surface area (TPSA) is 29.3 Å². The molecule has 6 rings (SSSR count). The molecule has 0 amide bonds. The molecule has 1 aliphatic rings. The zero-order chi connectivity index (χ0) is 20.1. The number of hydrogen-bond acceptors (Lipinski definition) is 2. The molecule has 1 N–H and O–H groups in total. The third-order valence-corrected chi connectivity index (χ3v) is 5.87. The fraction of sp³-hybridized carbons (Fsp3) is 0.0385. The molecule has 3 nitrogen and oxygen atoms in total. The summed E-state index contributed by atoms with van der Waals surface area (Å²) in [7, 11) is 0. The molecule has 1 aliphatic heterocycles. The van der Waals surface area contributed by atoms with Crippen molar-refractivity contribution in [2.45, 2.75) is 5.62 Å². The molecule has 0 radical (unpaired) electrons. The summed E-state index contributed by atoms with van der Waals surface area (Å²) >= 11 is 6.39. The molecule has 30 heavy (non-hydrogen) atoms. The molecule has 1 atom stereocenters. The predicted octanol–water partition coefficient (Wildman–Crippen LogP) is 6.57. The number of nitrogens with one attached hydrogen (secondary N) is 1. The van der Waals surface area contributed by atoms with E-state index in [0.717, 1.165) is 33.7 Å². The molecule has 4 aromatic carbocycles. The van der Waals surface area contributed by atoms with Crippen LogP contribution < -0.4 is 5.32 Å². The summed E-state index contributed by atoms with van der Waals surface area (Å²) in [6.07, 6.45) is 0. The average Bonchev–Trinajstić information content (AvgIpc) is 3.12. The van der Waals surface area contributed by atoms with Crippen LogP contribution in [-0.2, 0) is 0 Å². The van der Waals surface area contributed by atoms with E-state index in [-0.39, 0.29) is 0 Å². The van der Waals surface area contributed by atoms with Gasteiger partial charge in [0.2, 0.25) is 0 Å². The SMILES string of the molecule is ClC1N=C(c2ccc3c4ccccc4n(-c4ccccc4)c3c2)c2ccccc2N1. The number of fused-ring (bicyclic) bond motifs is 4. The van der Waals surface area contributed by atoms with Crippen molar-refractivity contribution in [2.75, 3.05) is 5.32 Å². The number of para-hydroxylation sites is 3. The molecule has 0 bridgehead atoms. The summed E-state index contributed by atoms with van der Waals surface area (Å²) in [6.45, 7) is 0. The molecule has 0 saturated heterocycles. The zero-order valence-corrected chi connectivity index (χ0v) is 16.8. The first-order valence-corrected chi connectivity index (χ1v) is 10.4. The molecule has 0 spiro atoms. The van der Waals surface area contributed by atoms with Crippen LogP contribution in [0.1, 0.15) is 11.1 Å². The largest absolute Gasteiger partial charge is 0.351 e. The number of alkyl halides is 1. The van der Waals surface area contributed by atoms with Crippen LogP contribution in [0.2, 0.25) is 0 Å². The Labute approximate surface area is 179 Å². The number of benzene rings is 4. The van der Waals surface area contributed by atoms with Gasteiger partial charge in [0.1, 0.15) is 0 Å². The van der Waals surface area contributed by atoms with E-state index in [1.807, 2.05) is 24.3 Å². The van der Waals surface area contributed by atoms with E-state index in [0.29, 0.717) is 0 Å². The van der Waals surface area contributed by atoms with Gasteiger partial charge in [0, 0.05) is 33.3 Å². The lowest BCUT2D eigenvalue weighted by atomic mass is 9.98. The number of rotatable bonds is 2. The van der Waals surface area contributed by atoms with Crippen molar-refractivity contribution in [1.82, 2.24) is 4.57 Å². The molecule has 1 aromatic heterocycles. The van der Waals surface area contributed by atoms with E-state index < -0.39 is 5.62 Å². The molecule has 0 saturated carbocycles. The van der Waals surface area contributed by atoms with Crippen LogP contribution in [-0.4, -0.2) is 15.9 Å². The van der Waals surface area contributed by atoms with E-state index in [1.165, 1.54) is 16.3 Å². The minimum absolute atomic E-state index is 0.481. The zero-order valence-electron chi connectivity index (χ0n) is 16.1. The van der Waals surface area contributed by atoms with Gasteiger partial charge in [-0.2, -0.15) is 0 Å². The van der Waals surface area contributed by atoms with Crippen LogP contribution in [0, 0.1) is 0 Å². The van der Waals surface area contributed by atoms with Crippen molar-refractivity contribution in [3.05, 3.63) is 108 Å². The minimum atomic E-state index is -0.481. The number of halogens is 1. The maximum absolute atomic E-state index is 6.39. The summed E-state index contributed by atoms with van der Waals surface area (Å²) < 4.78 is 2.32. The first-order valence-electron chi connectivity index (χ1n) is 9.96. The highest BCUT2D eigenvalue weighted by atomic mass is 35.5. The summed E-state index contributed by atoms with van der Waals surface area (Å²) in [6, 6.07) is 33.8. The number of nitrogens with zero attached hydrogens (tertiary/aromatic N) is 2. The van der Waals surface area contributed by atoms with E-state index in [1.54, 1.807) is 0 Å². The molecule has 0 aliphatic carbocycles. The van der Waals surface area contributed by atoms with Gasteiger partial charge in [0.15, 0.2) is 5.62 Å². The van der Waals surface area contributed by atoms with Crippen LogP contribution in [0.15, 0.2) is 102 Å². The highest BCUT2D eigenvalue weighted by Gasteiger charge is 2.21. The lowest BCUT2D eigenvalue weighted by Gasteiger charge is -2.22. The Morgan fingerprint density at radius 2 is 1.47 bits per heavy atom. The van der Waals surface area contributed by atoms with Crippen molar-refractivity contribution in [3.8, 4) is 5.69 Å². The molecule has 0 fully saturated rings. The molecule has 4 heteroatoms. The predicted molar refractivity (Wildman–Crippen MR) is 126 cm³/mol. The van der Waals surface area contributed by atoms with Gasteiger partial charge in [0.25, 0.3) is 0 Å². The van der Waals surface area contributed by atoms with Crippen molar-refractivity contribution in [2.24, 2.45) is 4.99 Å². The lowest BCUT2D eigenvalue weighted by Crippen LogP contribution is -2.22. The number of anilines is 1. The first kappa shape index (κ1) is 17.3. The maximum atomic E-state index is 6.39. The quantitative estimate of drug-likeness (QED) is 0.260. The fourth-order valence-electron chi connectivity index (χ4n) is 4.36. The standard InChI is InChI=1S/C26H18ClN3/c27-26-28-22-12-6-4-11-21(22)25(29-26)17-14-15-20-19-10-5-7-13-23(19)30(24(20)16-17)18-8-2-1-3-9-18/h1-16,26,28H. The Kier molecular flexibility index (Phi) is 3.90. The first-order chi connectivity index (χ1) is 14.8. The van der Waals surface area contributed by atoms with Gasteiger partial charge in [-0.05, 0) is 30.3 Å². The Bertz CT molecular complexity index is 1430. The van der Waals surface area contributed by atoms with Crippen LogP contribution in [0.4, 0.5) is 5.69 Å². The van der Waals surface area contributed by atoms with E-state index in [4.69, 9.17) is 16.6 Å². The number of hydrogen-bond donors (Lipinski definition) is 1. The van der Waals surface area contributed by atoms with Gasteiger partial charge in [-0.25, -0.2) is 4.99 Å². The van der Waals surface area contributed by atoms with Crippen LogP contribution in [0.3, 0.4) is 0 Å². The van der Waals surface area contributed by atoms with Crippen molar-refractivity contribution in [3.63, 3.8) is 0 Å². The van der Waals surface area contributed by atoms with Crippen molar-refractivity contribution < 1.29 is 0 Å². The smallest absolute Gasteiger partial charge is 0.196 e. The third kappa shape index (κ3) is 2.63. The van der Waals surface area contributed by atoms with Gasteiger partial charge in [-0.1, -0.05) is 78.3 Å². The maximum Gasteiger partial charge on any atom is 0.196 e. The molecular formula is C26H18ClN3. The Morgan fingerprint density at radius 1 is 0.733 bits per heavy atom. The summed E-state index contributed by atoms with van der Waals surface area (Å²) in [5, 5.41) is 5.70. The second-order valence-electron chi connectivity index (χ2n) is 7.42. The molecular weight excluding hydrogens is 390 g/mol. The van der Waals surface area contributed by atoms with Crippen molar-refractivity contribution >= 4 is 44.8 Å². The second-order valence-corrected chi connectivity index (χ2v) is 7.84. The molecule has 1 unspecified atom stereocenters. The Morgan fingerprint density at radius 3 is 2.37 bits per heavy atom. The van der Waals surface area contributed by atoms with Gasteiger partial charge in [-0.3, -0.25) is 0 Å². The number of aliphatic imine (C=N–C) groups is 1. The minimum Gasteiger partial charge on any atom is -0.351 e. The van der Waals surface area contributed by atoms with Gasteiger partial charge in [-0.15, -0.1) is 0 Å². The molecule has 2 heterocycles. The second kappa shape index (κ2) is 6.75. The number of aromatic nitrogens is 1. The van der Waals surface area contributed by atoms with Gasteiger partial charge >= 0.3 is 0 Å². The van der Waals surface area contributed by atoms with E-state index in [2.05, 4.69) is 82.7 Å². The van der Waals surface area contributed by atoms with E-state index >= 15 is 0 Å². The molecule has 144 valence electrons. The third-order valence-electron chi connectivity index (χ3n) is 5.66. The van der Waals surface area contributed by atoms with Gasteiger partial charge in [0.05, 0.1) is 16.7 Å². The van der Waals surface area contributed by atoms with E-state index in [9.17, 15) is 0 Å². The van der Waals surface area contributed by atoms with Gasteiger partial charge < -0.3 is 9.88 Å². The average molecular weight is 408 g/mol. The summed E-state index contributed by atoms with van der Waals surface area (Å²) in [4.78, 5) is 4.72. The fourth-order valence-corrected chi connectivity index (χ4v) is 4.58. The highest BCUT2D eigenvalue weighted by Crippen LogP contribution is 2.34. The summed E-state index contributed by atoms with van der Waals surface area (Å²) in [5.41, 5.74) is 7.05. The Hall–Kier alpha value is -3.56. The summed E-state index contributed by atoms with van der Waals surface area (Å²) in [5.74, 6) is 0. The van der Waals surface area contributed by atoms with Crippen LogP contribution in [0.5, 0.6) is 0 Å². The van der Waals surface area contributed by atoms with Crippen molar-refractivity contribution in [1.29, 1.82) is 0 Å². The normalized spacial score (nSPS) is 15.6. The van der Waals surface area contributed by atoms with Crippen LogP contribution >= 0.6 is 11.6 Å². The molecule has 5 aromatic rings. The lowest BCUT2D eigenvalue weighted by molar-refractivity contribution is 1.02. The van der Waals surface area contributed by atoms with Crippen LogP contribution in [0.25, 0.3) is 27.5 Å². The highest BCUT2D eigenvalue weighted by molar-refractivity contribution is 6.26. The monoisotopic (exact) mass is 407 g/mol. The Balaban J connectivity index is 1.65.